The summed E-state index contributed by atoms with van der Waals surface area (Å²) in [6.45, 7) is 1.80. The van der Waals surface area contributed by atoms with Gasteiger partial charge in [0.25, 0.3) is 5.69 Å². The van der Waals surface area contributed by atoms with Crippen molar-refractivity contribution < 1.29 is 9.72 Å². The van der Waals surface area contributed by atoms with Crippen molar-refractivity contribution in [3.05, 3.63) is 45.6 Å². The summed E-state index contributed by atoms with van der Waals surface area (Å²) in [5.74, 6) is -0.0131. The van der Waals surface area contributed by atoms with Crippen molar-refractivity contribution in [1.82, 2.24) is 0 Å². The number of allylic oxidation sites excluding steroid dienone is 1. The Bertz CT molecular complexity index is 541. The number of hydrogen-bond acceptors (Lipinski definition) is 4. The van der Waals surface area contributed by atoms with Gasteiger partial charge >= 0.3 is 0 Å². The van der Waals surface area contributed by atoms with Gasteiger partial charge in [0.1, 0.15) is 5.70 Å². The Morgan fingerprint density at radius 1 is 1.35 bits per heavy atom. The Balaban J connectivity index is 2.28. The summed E-state index contributed by atoms with van der Waals surface area (Å²) in [7, 11) is 0. The lowest BCUT2D eigenvalue weighted by atomic mass is 10.1. The van der Waals surface area contributed by atoms with Gasteiger partial charge in [-0.05, 0) is 30.7 Å². The van der Waals surface area contributed by atoms with Gasteiger partial charge in [0.05, 0.1) is 11.3 Å². The molecule has 2 rings (SSSR count). The number of carbonyl (C=O) groups is 1. The lowest BCUT2D eigenvalue weighted by Gasteiger charge is -1.95. The topological polar surface area (TPSA) is 72.6 Å². The summed E-state index contributed by atoms with van der Waals surface area (Å²) in [5.41, 5.74) is 1.97. The second-order valence-corrected chi connectivity index (χ2v) is 3.83. The van der Waals surface area contributed by atoms with Crippen LogP contribution in [-0.4, -0.2) is 16.4 Å². The number of ketones is 1. The van der Waals surface area contributed by atoms with E-state index in [4.69, 9.17) is 0 Å². The fourth-order valence-corrected chi connectivity index (χ4v) is 1.59. The molecule has 1 aromatic rings. The Morgan fingerprint density at radius 2 is 2.00 bits per heavy atom. The number of rotatable bonds is 2. The van der Waals surface area contributed by atoms with Crippen LogP contribution in [0.2, 0.25) is 0 Å². The van der Waals surface area contributed by atoms with Crippen LogP contribution in [-0.2, 0) is 4.79 Å². The van der Waals surface area contributed by atoms with E-state index in [1.807, 2.05) is 0 Å². The molecule has 17 heavy (non-hydrogen) atoms. The number of benzene rings is 1. The molecule has 0 unspecified atom stereocenters. The Labute approximate surface area is 97.6 Å². The molecule has 0 radical (unpaired) electrons. The van der Waals surface area contributed by atoms with Gasteiger partial charge in [-0.25, -0.2) is 0 Å². The molecule has 1 aliphatic heterocycles. The molecule has 86 valence electrons. The fraction of sp³-hybridized carbons (Fsp3) is 0.167. The van der Waals surface area contributed by atoms with Gasteiger partial charge in [-0.1, -0.05) is 0 Å². The third kappa shape index (κ3) is 2.44. The molecular weight excluding hydrogens is 220 g/mol. The monoisotopic (exact) mass is 230 g/mol. The molecule has 5 heteroatoms. The standard InChI is InChI=1S/C12H10N2O3/c1-8-6-12(15)11(13-8)7-9-2-4-10(5-3-9)14(16)17/h2-5,7H,6H2,1H3/b11-7-. The van der Waals surface area contributed by atoms with Crippen LogP contribution >= 0.6 is 0 Å². The number of nitrogens with zero attached hydrogens (tertiary/aromatic N) is 2. The summed E-state index contributed by atoms with van der Waals surface area (Å²) in [5, 5.41) is 10.5. The molecule has 0 aromatic heterocycles. The van der Waals surface area contributed by atoms with E-state index in [0.717, 1.165) is 11.3 Å². The largest absolute Gasteiger partial charge is 0.292 e. The van der Waals surface area contributed by atoms with E-state index < -0.39 is 4.92 Å². The predicted molar refractivity (Wildman–Crippen MR) is 63.8 cm³/mol. The molecule has 0 amide bonds. The lowest BCUT2D eigenvalue weighted by molar-refractivity contribution is -0.384. The number of nitro groups is 1. The number of Topliss-reactive ketones (excluding diaryl/α,β-unsaturated/α-hetero) is 1. The van der Waals surface area contributed by atoms with Gasteiger partial charge in [0.2, 0.25) is 0 Å². The zero-order valence-electron chi connectivity index (χ0n) is 9.21. The van der Waals surface area contributed by atoms with Crippen molar-refractivity contribution in [2.75, 3.05) is 0 Å². The van der Waals surface area contributed by atoms with Crippen LogP contribution < -0.4 is 0 Å². The highest BCUT2D eigenvalue weighted by molar-refractivity contribution is 6.16. The van der Waals surface area contributed by atoms with Crippen molar-refractivity contribution in [1.29, 1.82) is 0 Å². The zero-order valence-corrected chi connectivity index (χ0v) is 9.21. The molecule has 1 aromatic carbocycles. The van der Waals surface area contributed by atoms with Crippen LogP contribution in [0.25, 0.3) is 6.08 Å². The first-order chi connectivity index (χ1) is 8.06. The van der Waals surface area contributed by atoms with Crippen molar-refractivity contribution in [2.24, 2.45) is 4.99 Å². The molecular formula is C12H10N2O3. The highest BCUT2D eigenvalue weighted by Crippen LogP contribution is 2.19. The summed E-state index contributed by atoms with van der Waals surface area (Å²) < 4.78 is 0. The first-order valence-electron chi connectivity index (χ1n) is 5.10. The zero-order chi connectivity index (χ0) is 12.4. The summed E-state index contributed by atoms with van der Waals surface area (Å²) in [6.07, 6.45) is 2.00. The number of aliphatic imine (C=N–C) groups is 1. The van der Waals surface area contributed by atoms with E-state index in [9.17, 15) is 14.9 Å². The third-order valence-corrected chi connectivity index (χ3v) is 2.42. The second-order valence-electron chi connectivity index (χ2n) is 3.83. The van der Waals surface area contributed by atoms with Crippen LogP contribution in [0.15, 0.2) is 35.0 Å². The quantitative estimate of drug-likeness (QED) is 0.444. The number of nitro benzene ring substituents is 1. The van der Waals surface area contributed by atoms with Crippen molar-refractivity contribution >= 4 is 23.3 Å². The van der Waals surface area contributed by atoms with Gasteiger partial charge in [-0.2, -0.15) is 0 Å². The molecule has 0 fully saturated rings. The van der Waals surface area contributed by atoms with E-state index in [2.05, 4.69) is 4.99 Å². The Kier molecular flexibility index (Phi) is 2.82. The van der Waals surface area contributed by atoms with E-state index >= 15 is 0 Å². The van der Waals surface area contributed by atoms with Crippen molar-refractivity contribution in [2.45, 2.75) is 13.3 Å². The number of carbonyl (C=O) groups excluding carboxylic acids is 1. The minimum Gasteiger partial charge on any atom is -0.292 e. The van der Waals surface area contributed by atoms with Crippen LogP contribution in [0.5, 0.6) is 0 Å². The minimum atomic E-state index is -0.458. The average molecular weight is 230 g/mol. The number of hydrogen-bond donors (Lipinski definition) is 0. The van der Waals surface area contributed by atoms with Crippen LogP contribution in [0.1, 0.15) is 18.9 Å². The summed E-state index contributed by atoms with van der Waals surface area (Å²) >= 11 is 0. The van der Waals surface area contributed by atoms with E-state index in [1.165, 1.54) is 12.1 Å². The first kappa shape index (κ1) is 11.2. The Hall–Kier alpha value is -2.30. The molecule has 0 saturated carbocycles. The molecule has 0 aliphatic carbocycles. The van der Waals surface area contributed by atoms with Crippen molar-refractivity contribution in [3.63, 3.8) is 0 Å². The van der Waals surface area contributed by atoms with Crippen LogP contribution in [0.3, 0.4) is 0 Å². The number of non-ortho nitro benzene ring substituents is 1. The van der Waals surface area contributed by atoms with E-state index in [1.54, 1.807) is 25.1 Å². The highest BCUT2D eigenvalue weighted by Gasteiger charge is 2.17. The molecule has 5 nitrogen and oxygen atoms in total. The molecule has 0 saturated heterocycles. The molecule has 0 atom stereocenters. The maximum Gasteiger partial charge on any atom is 0.269 e. The third-order valence-electron chi connectivity index (χ3n) is 2.42. The Morgan fingerprint density at radius 3 is 2.47 bits per heavy atom. The molecule has 1 aliphatic rings. The predicted octanol–water partition coefficient (Wildman–Crippen LogP) is 2.37. The smallest absolute Gasteiger partial charge is 0.269 e. The maximum atomic E-state index is 11.5. The van der Waals surface area contributed by atoms with Gasteiger partial charge in [0.15, 0.2) is 5.78 Å². The first-order valence-corrected chi connectivity index (χ1v) is 5.10. The maximum absolute atomic E-state index is 11.5. The van der Waals surface area contributed by atoms with E-state index in [0.29, 0.717) is 12.1 Å². The lowest BCUT2D eigenvalue weighted by Crippen LogP contribution is -1.95. The van der Waals surface area contributed by atoms with Gasteiger partial charge in [-0.3, -0.25) is 19.9 Å². The van der Waals surface area contributed by atoms with Gasteiger partial charge in [-0.15, -0.1) is 0 Å². The second kappa shape index (κ2) is 4.29. The highest BCUT2D eigenvalue weighted by atomic mass is 16.6. The molecule has 1 heterocycles. The average Bonchev–Trinajstić information content (AvgIpc) is 2.58. The minimum absolute atomic E-state index is 0.0131. The fourth-order valence-electron chi connectivity index (χ4n) is 1.59. The SMILES string of the molecule is CC1=N/C(=C\c2ccc([N+](=O)[O-])cc2)C(=O)C1. The summed E-state index contributed by atoms with van der Waals surface area (Å²) in [6, 6.07) is 6.01. The molecule has 0 N–H and O–H groups in total. The van der Waals surface area contributed by atoms with Crippen LogP contribution in [0, 0.1) is 10.1 Å². The molecule has 0 spiro atoms. The van der Waals surface area contributed by atoms with Crippen molar-refractivity contribution in [3.8, 4) is 0 Å². The van der Waals surface area contributed by atoms with Crippen LogP contribution in [0.4, 0.5) is 5.69 Å². The van der Waals surface area contributed by atoms with Gasteiger partial charge in [0, 0.05) is 17.8 Å². The summed E-state index contributed by atoms with van der Waals surface area (Å²) in [4.78, 5) is 25.6. The molecule has 0 bridgehead atoms. The van der Waals surface area contributed by atoms with Gasteiger partial charge < -0.3 is 0 Å². The van der Waals surface area contributed by atoms with E-state index in [-0.39, 0.29) is 11.5 Å². The normalized spacial score (nSPS) is 17.4.